The number of hydrogen-bond acceptors (Lipinski definition) is 4. The smallest absolute Gasteiger partial charge is 0.270 e. The Morgan fingerprint density at radius 2 is 2.09 bits per heavy atom. The lowest BCUT2D eigenvalue weighted by molar-refractivity contribution is -0.121. The highest BCUT2D eigenvalue weighted by Gasteiger charge is 2.08. The van der Waals surface area contributed by atoms with Crippen molar-refractivity contribution in [1.82, 2.24) is 15.3 Å². The largest absolute Gasteiger partial charge is 0.351 e. The Morgan fingerprint density at radius 3 is 2.87 bits per heavy atom. The summed E-state index contributed by atoms with van der Waals surface area (Å²) in [4.78, 5) is 32.0. The first-order valence-corrected chi connectivity index (χ1v) is 8.30. The van der Waals surface area contributed by atoms with Crippen LogP contribution in [0.5, 0.6) is 0 Å². The fourth-order valence-electron chi connectivity index (χ4n) is 2.19. The number of para-hydroxylation sites is 2. The molecule has 7 heteroatoms. The van der Waals surface area contributed by atoms with Gasteiger partial charge in [-0.2, -0.15) is 0 Å². The highest BCUT2D eigenvalue weighted by molar-refractivity contribution is 7.16. The standard InChI is InChI=1S/C16H14ClN3O2S/c17-14-7-5-10(23-14)9-18-15(21)8-6-13-16(22)20-12-4-2-1-3-11(12)19-13/h1-5,7H,6,8-9H2,(H,18,21)(H,20,22). The zero-order valence-corrected chi connectivity index (χ0v) is 13.7. The molecule has 0 spiro atoms. The molecule has 0 aliphatic heterocycles. The van der Waals surface area contributed by atoms with Gasteiger partial charge in [-0.05, 0) is 24.3 Å². The SMILES string of the molecule is O=C(CCc1nc2ccccc2[nH]c1=O)NCc1ccc(Cl)s1. The van der Waals surface area contributed by atoms with Crippen molar-refractivity contribution in [3.63, 3.8) is 0 Å². The molecule has 2 heterocycles. The molecule has 5 nitrogen and oxygen atoms in total. The Morgan fingerprint density at radius 1 is 1.26 bits per heavy atom. The molecule has 0 unspecified atom stereocenters. The van der Waals surface area contributed by atoms with E-state index in [-0.39, 0.29) is 17.9 Å². The van der Waals surface area contributed by atoms with Crippen LogP contribution in [0.2, 0.25) is 4.34 Å². The van der Waals surface area contributed by atoms with Crippen LogP contribution >= 0.6 is 22.9 Å². The molecule has 2 N–H and O–H groups in total. The average Bonchev–Trinajstić information content (AvgIpc) is 2.96. The number of rotatable bonds is 5. The van der Waals surface area contributed by atoms with Crippen LogP contribution in [0, 0.1) is 0 Å². The number of carbonyl (C=O) groups is 1. The molecule has 1 amide bonds. The number of nitrogens with one attached hydrogen (secondary N) is 2. The van der Waals surface area contributed by atoms with Crippen LogP contribution in [0.4, 0.5) is 0 Å². The quantitative estimate of drug-likeness (QED) is 0.745. The van der Waals surface area contributed by atoms with Crippen LogP contribution in [0.1, 0.15) is 17.0 Å². The van der Waals surface area contributed by atoms with Crippen LogP contribution in [0.25, 0.3) is 11.0 Å². The van der Waals surface area contributed by atoms with Crippen molar-refractivity contribution in [3.05, 3.63) is 61.7 Å². The van der Waals surface area contributed by atoms with Crippen LogP contribution in [0.3, 0.4) is 0 Å². The molecule has 2 aromatic heterocycles. The normalized spacial score (nSPS) is 10.8. The number of amides is 1. The third-order valence-electron chi connectivity index (χ3n) is 3.35. The van der Waals surface area contributed by atoms with E-state index in [0.717, 1.165) is 10.4 Å². The number of aryl methyl sites for hydroxylation is 1. The zero-order chi connectivity index (χ0) is 16.2. The number of H-pyrrole nitrogens is 1. The summed E-state index contributed by atoms with van der Waals surface area (Å²) < 4.78 is 0.696. The molecule has 118 valence electrons. The molecule has 0 fully saturated rings. The first-order valence-electron chi connectivity index (χ1n) is 7.10. The minimum absolute atomic E-state index is 0.121. The van der Waals surface area contributed by atoms with Crippen molar-refractivity contribution in [2.45, 2.75) is 19.4 Å². The topological polar surface area (TPSA) is 74.8 Å². The molecule has 3 aromatic rings. The van der Waals surface area contributed by atoms with Crippen molar-refractivity contribution >= 4 is 39.9 Å². The van der Waals surface area contributed by atoms with Crippen LogP contribution in [0.15, 0.2) is 41.2 Å². The fourth-order valence-corrected chi connectivity index (χ4v) is 3.22. The van der Waals surface area contributed by atoms with Crippen LogP contribution in [-0.4, -0.2) is 15.9 Å². The van der Waals surface area contributed by atoms with Gasteiger partial charge in [0.25, 0.3) is 5.56 Å². The second kappa shape index (κ2) is 6.93. The molecule has 3 rings (SSSR count). The molecule has 0 bridgehead atoms. The summed E-state index contributed by atoms with van der Waals surface area (Å²) in [6.45, 7) is 0.442. The summed E-state index contributed by atoms with van der Waals surface area (Å²) in [5.41, 5.74) is 1.54. The summed E-state index contributed by atoms with van der Waals surface area (Å²) in [6.07, 6.45) is 0.519. The third-order valence-corrected chi connectivity index (χ3v) is 4.58. The van der Waals surface area contributed by atoms with Gasteiger partial charge in [-0.3, -0.25) is 9.59 Å². The summed E-state index contributed by atoms with van der Waals surface area (Å²) in [5, 5.41) is 2.81. The van der Waals surface area contributed by atoms with Crippen molar-refractivity contribution in [3.8, 4) is 0 Å². The molecule has 0 saturated heterocycles. The minimum Gasteiger partial charge on any atom is -0.351 e. The number of carbonyl (C=O) groups excluding carboxylic acids is 1. The lowest BCUT2D eigenvalue weighted by Crippen LogP contribution is -2.24. The number of hydrogen-bond donors (Lipinski definition) is 2. The van der Waals surface area contributed by atoms with Crippen molar-refractivity contribution < 1.29 is 4.79 Å². The van der Waals surface area contributed by atoms with E-state index >= 15 is 0 Å². The van der Waals surface area contributed by atoms with Gasteiger partial charge in [0.1, 0.15) is 5.69 Å². The Kier molecular flexibility index (Phi) is 4.73. The number of aromatic nitrogens is 2. The lowest BCUT2D eigenvalue weighted by atomic mass is 10.2. The van der Waals surface area contributed by atoms with Crippen LogP contribution < -0.4 is 10.9 Å². The molecule has 23 heavy (non-hydrogen) atoms. The Hall–Kier alpha value is -2.18. The van der Waals surface area contributed by atoms with Gasteiger partial charge >= 0.3 is 0 Å². The van der Waals surface area contributed by atoms with Crippen LogP contribution in [-0.2, 0) is 17.8 Å². The summed E-state index contributed by atoms with van der Waals surface area (Å²) in [7, 11) is 0. The van der Waals surface area contributed by atoms with Gasteiger partial charge in [0.05, 0.1) is 21.9 Å². The second-order valence-corrected chi connectivity index (χ2v) is 6.81. The monoisotopic (exact) mass is 347 g/mol. The predicted molar refractivity (Wildman–Crippen MR) is 91.9 cm³/mol. The highest BCUT2D eigenvalue weighted by Crippen LogP contribution is 2.21. The predicted octanol–water partition coefficient (Wildman–Crippen LogP) is 2.89. The number of aromatic amines is 1. The molecule has 1 aromatic carbocycles. The minimum atomic E-state index is -0.249. The molecule has 0 atom stereocenters. The maximum atomic E-state index is 12.0. The molecular weight excluding hydrogens is 334 g/mol. The van der Waals surface area contributed by atoms with Crippen molar-refractivity contribution in [1.29, 1.82) is 0 Å². The number of nitrogens with zero attached hydrogens (tertiary/aromatic N) is 1. The fraction of sp³-hybridized carbons (Fsp3) is 0.188. The van der Waals surface area contributed by atoms with Gasteiger partial charge in [-0.25, -0.2) is 4.98 Å². The van der Waals surface area contributed by atoms with E-state index in [1.807, 2.05) is 24.3 Å². The van der Waals surface area contributed by atoms with E-state index in [0.29, 0.717) is 28.5 Å². The van der Waals surface area contributed by atoms with Gasteiger partial charge in [0, 0.05) is 17.7 Å². The number of benzene rings is 1. The lowest BCUT2D eigenvalue weighted by Gasteiger charge is -2.04. The van der Waals surface area contributed by atoms with Gasteiger partial charge in [-0.15, -0.1) is 11.3 Å². The second-order valence-electron chi connectivity index (χ2n) is 5.01. The molecule has 0 aliphatic rings. The van der Waals surface area contributed by atoms with E-state index in [2.05, 4.69) is 15.3 Å². The van der Waals surface area contributed by atoms with Gasteiger partial charge in [-0.1, -0.05) is 23.7 Å². The summed E-state index contributed by atoms with van der Waals surface area (Å²) in [5.74, 6) is -0.121. The Labute approximate surface area is 141 Å². The van der Waals surface area contributed by atoms with E-state index in [1.165, 1.54) is 11.3 Å². The first kappa shape index (κ1) is 15.7. The maximum Gasteiger partial charge on any atom is 0.270 e. The van der Waals surface area contributed by atoms with Gasteiger partial charge < -0.3 is 10.3 Å². The van der Waals surface area contributed by atoms with Crippen molar-refractivity contribution in [2.24, 2.45) is 0 Å². The molecule has 0 saturated carbocycles. The molecular formula is C16H14ClN3O2S. The third kappa shape index (κ3) is 3.97. The number of fused-ring (bicyclic) bond motifs is 1. The zero-order valence-electron chi connectivity index (χ0n) is 12.1. The summed E-state index contributed by atoms with van der Waals surface area (Å²) in [6, 6.07) is 11.0. The van der Waals surface area contributed by atoms with Gasteiger partial charge in [0.2, 0.25) is 5.91 Å². The van der Waals surface area contributed by atoms with E-state index in [1.54, 1.807) is 12.1 Å². The van der Waals surface area contributed by atoms with E-state index in [9.17, 15) is 9.59 Å². The average molecular weight is 348 g/mol. The van der Waals surface area contributed by atoms with E-state index < -0.39 is 0 Å². The van der Waals surface area contributed by atoms with Gasteiger partial charge in [0.15, 0.2) is 0 Å². The molecule has 0 aliphatic carbocycles. The number of thiophene rings is 1. The Balaban J connectivity index is 1.60. The molecule has 0 radical (unpaired) electrons. The van der Waals surface area contributed by atoms with E-state index in [4.69, 9.17) is 11.6 Å². The Bertz CT molecular complexity index is 903. The van der Waals surface area contributed by atoms with Crippen molar-refractivity contribution in [2.75, 3.05) is 0 Å². The first-order chi connectivity index (χ1) is 11.1. The highest BCUT2D eigenvalue weighted by atomic mass is 35.5. The maximum absolute atomic E-state index is 12.0. The summed E-state index contributed by atoms with van der Waals surface area (Å²) >= 11 is 7.27. The number of halogens is 1.